The summed E-state index contributed by atoms with van der Waals surface area (Å²) < 4.78 is 5.02. The lowest BCUT2D eigenvalue weighted by atomic mass is 10.0. The van der Waals surface area contributed by atoms with Crippen molar-refractivity contribution in [1.82, 2.24) is 4.90 Å². The lowest BCUT2D eigenvalue weighted by Crippen LogP contribution is -2.21. The van der Waals surface area contributed by atoms with Crippen molar-refractivity contribution >= 4 is 5.91 Å². The molecule has 0 saturated carbocycles. The summed E-state index contributed by atoms with van der Waals surface area (Å²) >= 11 is 0. The molecule has 0 fully saturated rings. The number of hydrogen-bond acceptors (Lipinski definition) is 3. The third-order valence-corrected chi connectivity index (χ3v) is 3.03. The van der Waals surface area contributed by atoms with Gasteiger partial charge < -0.3 is 14.7 Å². The lowest BCUT2D eigenvalue weighted by Gasteiger charge is -2.12. The molecule has 0 bridgehead atoms. The van der Waals surface area contributed by atoms with E-state index in [1.807, 2.05) is 24.3 Å². The Bertz CT molecular complexity index is 635. The van der Waals surface area contributed by atoms with Crippen LogP contribution in [0.2, 0.25) is 0 Å². The number of methoxy groups -OCH3 is 1. The van der Waals surface area contributed by atoms with Gasteiger partial charge in [-0.2, -0.15) is 0 Å². The molecule has 0 aliphatic carbocycles. The summed E-state index contributed by atoms with van der Waals surface area (Å²) in [5, 5.41) is 9.82. The van der Waals surface area contributed by atoms with Gasteiger partial charge in [-0.15, -0.1) is 0 Å². The Balaban J connectivity index is 2.41. The van der Waals surface area contributed by atoms with Crippen molar-refractivity contribution in [2.75, 3.05) is 21.2 Å². The van der Waals surface area contributed by atoms with E-state index >= 15 is 0 Å². The molecule has 4 nitrogen and oxygen atoms in total. The number of ether oxygens (including phenoxy) is 1. The van der Waals surface area contributed by atoms with Gasteiger partial charge in [-0.05, 0) is 35.4 Å². The Labute approximate surface area is 118 Å². The van der Waals surface area contributed by atoms with Crippen LogP contribution < -0.4 is 4.74 Å². The molecule has 2 aromatic rings. The van der Waals surface area contributed by atoms with Crippen molar-refractivity contribution in [2.24, 2.45) is 0 Å². The molecular weight excluding hydrogens is 254 g/mol. The van der Waals surface area contributed by atoms with E-state index in [0.29, 0.717) is 11.3 Å². The first-order chi connectivity index (χ1) is 9.52. The Kier molecular flexibility index (Phi) is 3.94. The van der Waals surface area contributed by atoms with E-state index in [4.69, 9.17) is 4.74 Å². The number of aromatic hydroxyl groups is 1. The molecule has 104 valence electrons. The zero-order valence-corrected chi connectivity index (χ0v) is 11.8. The van der Waals surface area contributed by atoms with Gasteiger partial charge in [-0.1, -0.05) is 18.2 Å². The van der Waals surface area contributed by atoms with Crippen molar-refractivity contribution in [2.45, 2.75) is 0 Å². The predicted molar refractivity (Wildman–Crippen MR) is 78.1 cm³/mol. The zero-order valence-electron chi connectivity index (χ0n) is 11.8. The summed E-state index contributed by atoms with van der Waals surface area (Å²) in [4.78, 5) is 13.5. The Morgan fingerprint density at radius 3 is 2.40 bits per heavy atom. The van der Waals surface area contributed by atoms with Crippen LogP contribution in [0.25, 0.3) is 11.1 Å². The summed E-state index contributed by atoms with van der Waals surface area (Å²) in [5.74, 6) is 0.452. The van der Waals surface area contributed by atoms with E-state index in [2.05, 4.69) is 0 Å². The van der Waals surface area contributed by atoms with Gasteiger partial charge >= 0.3 is 0 Å². The minimum atomic E-state index is -0.0513. The molecule has 2 aromatic carbocycles. The quantitative estimate of drug-likeness (QED) is 0.933. The Morgan fingerprint density at radius 2 is 1.80 bits per heavy atom. The van der Waals surface area contributed by atoms with Gasteiger partial charge in [0.25, 0.3) is 5.91 Å². The number of hydrogen-bond donors (Lipinski definition) is 1. The molecule has 0 atom stereocenters. The number of carbonyl (C=O) groups is 1. The maximum Gasteiger partial charge on any atom is 0.253 e. The van der Waals surface area contributed by atoms with Crippen LogP contribution in [0.1, 0.15) is 10.4 Å². The highest BCUT2D eigenvalue weighted by Crippen LogP contribution is 2.31. The van der Waals surface area contributed by atoms with Crippen LogP contribution in [-0.2, 0) is 0 Å². The third-order valence-electron chi connectivity index (χ3n) is 3.03. The van der Waals surface area contributed by atoms with Crippen LogP contribution in [0.3, 0.4) is 0 Å². The van der Waals surface area contributed by atoms with Crippen molar-refractivity contribution in [3.8, 4) is 22.6 Å². The molecule has 0 saturated heterocycles. The molecular formula is C16H17NO3. The molecule has 0 aromatic heterocycles. The van der Waals surface area contributed by atoms with Crippen molar-refractivity contribution in [1.29, 1.82) is 0 Å². The molecule has 0 radical (unpaired) electrons. The molecule has 20 heavy (non-hydrogen) atoms. The topological polar surface area (TPSA) is 49.8 Å². The first-order valence-electron chi connectivity index (χ1n) is 6.22. The standard InChI is InChI=1S/C16H17NO3/c1-17(2)16(19)13-6-4-5-11(9-13)12-7-8-15(20-3)14(18)10-12/h4-10,18H,1-3H3. The number of rotatable bonds is 3. The predicted octanol–water partition coefficient (Wildman–Crippen LogP) is 2.77. The van der Waals surface area contributed by atoms with Crippen LogP contribution in [0.15, 0.2) is 42.5 Å². The number of carbonyl (C=O) groups excluding carboxylic acids is 1. The summed E-state index contributed by atoms with van der Waals surface area (Å²) in [6.45, 7) is 0. The fraction of sp³-hybridized carbons (Fsp3) is 0.188. The average molecular weight is 271 g/mol. The second kappa shape index (κ2) is 5.65. The van der Waals surface area contributed by atoms with E-state index < -0.39 is 0 Å². The molecule has 0 aliphatic rings. The number of phenolic OH excluding ortho intramolecular Hbond substituents is 1. The molecule has 0 aliphatic heterocycles. The van der Waals surface area contributed by atoms with Crippen LogP contribution in [-0.4, -0.2) is 37.1 Å². The number of benzene rings is 2. The van der Waals surface area contributed by atoms with E-state index in [1.54, 1.807) is 32.3 Å². The molecule has 0 unspecified atom stereocenters. The lowest BCUT2D eigenvalue weighted by molar-refractivity contribution is 0.0827. The zero-order chi connectivity index (χ0) is 14.7. The highest BCUT2D eigenvalue weighted by atomic mass is 16.5. The van der Waals surface area contributed by atoms with Crippen molar-refractivity contribution < 1.29 is 14.6 Å². The van der Waals surface area contributed by atoms with Gasteiger partial charge in [0, 0.05) is 19.7 Å². The molecule has 0 spiro atoms. The maximum atomic E-state index is 12.0. The van der Waals surface area contributed by atoms with Gasteiger partial charge in [0.05, 0.1) is 7.11 Å². The third kappa shape index (κ3) is 2.74. The average Bonchev–Trinajstić information content (AvgIpc) is 2.46. The normalized spacial score (nSPS) is 10.2. The monoisotopic (exact) mass is 271 g/mol. The number of amides is 1. The van der Waals surface area contributed by atoms with Crippen molar-refractivity contribution in [3.05, 3.63) is 48.0 Å². The molecule has 1 N–H and O–H groups in total. The van der Waals surface area contributed by atoms with Crippen LogP contribution in [0.5, 0.6) is 11.5 Å². The van der Waals surface area contributed by atoms with E-state index in [0.717, 1.165) is 11.1 Å². The van der Waals surface area contributed by atoms with Gasteiger partial charge in [-0.3, -0.25) is 4.79 Å². The van der Waals surface area contributed by atoms with E-state index in [-0.39, 0.29) is 11.7 Å². The van der Waals surface area contributed by atoms with Crippen LogP contribution in [0, 0.1) is 0 Å². The maximum absolute atomic E-state index is 12.0. The van der Waals surface area contributed by atoms with Gasteiger partial charge in [0.2, 0.25) is 0 Å². The number of nitrogens with zero attached hydrogens (tertiary/aromatic N) is 1. The first-order valence-corrected chi connectivity index (χ1v) is 6.22. The second-order valence-corrected chi connectivity index (χ2v) is 4.67. The molecule has 1 amide bonds. The minimum absolute atomic E-state index is 0.0513. The summed E-state index contributed by atoms with van der Waals surface area (Å²) in [7, 11) is 4.94. The van der Waals surface area contributed by atoms with Gasteiger partial charge in [-0.25, -0.2) is 0 Å². The summed E-state index contributed by atoms with van der Waals surface area (Å²) in [5.41, 5.74) is 2.31. The molecule has 4 heteroatoms. The largest absolute Gasteiger partial charge is 0.504 e. The summed E-state index contributed by atoms with van der Waals surface area (Å²) in [6, 6.07) is 12.5. The smallest absolute Gasteiger partial charge is 0.253 e. The highest BCUT2D eigenvalue weighted by molar-refractivity contribution is 5.95. The van der Waals surface area contributed by atoms with Crippen LogP contribution >= 0.6 is 0 Å². The SMILES string of the molecule is COc1ccc(-c2cccc(C(=O)N(C)C)c2)cc1O. The minimum Gasteiger partial charge on any atom is -0.504 e. The summed E-state index contributed by atoms with van der Waals surface area (Å²) in [6.07, 6.45) is 0. The number of phenols is 1. The Morgan fingerprint density at radius 1 is 1.10 bits per heavy atom. The van der Waals surface area contributed by atoms with Gasteiger partial charge in [0.1, 0.15) is 0 Å². The molecule has 0 heterocycles. The van der Waals surface area contributed by atoms with Crippen molar-refractivity contribution in [3.63, 3.8) is 0 Å². The fourth-order valence-electron chi connectivity index (χ4n) is 1.96. The van der Waals surface area contributed by atoms with Gasteiger partial charge in [0.15, 0.2) is 11.5 Å². The first kappa shape index (κ1) is 13.9. The fourth-order valence-corrected chi connectivity index (χ4v) is 1.96. The Hall–Kier alpha value is -2.49. The van der Waals surface area contributed by atoms with E-state index in [1.165, 1.54) is 12.0 Å². The highest BCUT2D eigenvalue weighted by Gasteiger charge is 2.10. The second-order valence-electron chi connectivity index (χ2n) is 4.67. The van der Waals surface area contributed by atoms with Crippen LogP contribution in [0.4, 0.5) is 0 Å². The molecule has 2 rings (SSSR count). The van der Waals surface area contributed by atoms with E-state index in [9.17, 15) is 9.90 Å².